The van der Waals surface area contributed by atoms with Crippen molar-refractivity contribution in [3.8, 4) is 11.8 Å². The van der Waals surface area contributed by atoms with Gasteiger partial charge >= 0.3 is 0 Å². The minimum absolute atomic E-state index is 0.0424. The number of methoxy groups -OCH3 is 1. The number of rotatable bonds is 4. The largest absolute Gasteiger partial charge is 0.496 e. The summed E-state index contributed by atoms with van der Waals surface area (Å²) < 4.78 is 5.41. The van der Waals surface area contributed by atoms with Crippen molar-refractivity contribution in [2.24, 2.45) is 0 Å². The predicted octanol–water partition coefficient (Wildman–Crippen LogP) is 2.21. The molecule has 1 N–H and O–H groups in total. The number of ether oxygens (including phenoxy) is 1. The summed E-state index contributed by atoms with van der Waals surface area (Å²) in [7, 11) is 1.65. The SMILES string of the molecule is COc1ccc(Cl)cc1[C@H](CC#N)N1CCNCC1. The van der Waals surface area contributed by atoms with Crippen LogP contribution in [0.3, 0.4) is 0 Å². The average molecular weight is 280 g/mol. The minimum Gasteiger partial charge on any atom is -0.496 e. The number of nitrogens with one attached hydrogen (secondary N) is 1. The Balaban J connectivity index is 2.32. The number of benzene rings is 1. The minimum atomic E-state index is 0.0424. The van der Waals surface area contributed by atoms with Gasteiger partial charge in [-0.25, -0.2) is 0 Å². The van der Waals surface area contributed by atoms with Crippen LogP contribution in [0.4, 0.5) is 0 Å². The molecule has 0 aromatic heterocycles. The van der Waals surface area contributed by atoms with Crippen molar-refractivity contribution in [3.05, 3.63) is 28.8 Å². The van der Waals surface area contributed by atoms with Crippen LogP contribution in [-0.4, -0.2) is 38.2 Å². The number of nitrogens with zero attached hydrogens (tertiary/aromatic N) is 2. The number of nitriles is 1. The topological polar surface area (TPSA) is 48.3 Å². The van der Waals surface area contributed by atoms with Gasteiger partial charge in [0.05, 0.1) is 25.6 Å². The van der Waals surface area contributed by atoms with Crippen LogP contribution in [0.25, 0.3) is 0 Å². The molecular weight excluding hydrogens is 262 g/mol. The van der Waals surface area contributed by atoms with Crippen molar-refractivity contribution >= 4 is 11.6 Å². The van der Waals surface area contributed by atoms with Crippen LogP contribution >= 0.6 is 11.6 Å². The molecular formula is C14H18ClN3O. The summed E-state index contributed by atoms with van der Waals surface area (Å²) in [5.41, 5.74) is 0.999. The third-order valence-corrected chi connectivity index (χ3v) is 3.66. The summed E-state index contributed by atoms with van der Waals surface area (Å²) >= 11 is 6.09. The number of halogens is 1. The third kappa shape index (κ3) is 3.38. The predicted molar refractivity (Wildman–Crippen MR) is 75.4 cm³/mol. The summed E-state index contributed by atoms with van der Waals surface area (Å²) in [5, 5.41) is 13.1. The maximum atomic E-state index is 9.10. The van der Waals surface area contributed by atoms with Crippen LogP contribution in [0.1, 0.15) is 18.0 Å². The standard InChI is InChI=1S/C14H18ClN3O/c1-19-14-3-2-11(15)10-12(14)13(4-5-16)18-8-6-17-7-9-18/h2-3,10,13,17H,4,6-9H2,1H3/t13-/m0/s1. The Morgan fingerprint density at radius 1 is 1.47 bits per heavy atom. The highest BCUT2D eigenvalue weighted by molar-refractivity contribution is 6.30. The molecule has 4 nitrogen and oxygen atoms in total. The first-order valence-electron chi connectivity index (χ1n) is 6.41. The molecule has 0 aliphatic carbocycles. The Morgan fingerprint density at radius 3 is 2.84 bits per heavy atom. The molecule has 0 unspecified atom stereocenters. The third-order valence-electron chi connectivity index (χ3n) is 3.43. The highest BCUT2D eigenvalue weighted by Gasteiger charge is 2.24. The second kappa shape index (κ2) is 6.76. The van der Waals surface area contributed by atoms with Gasteiger partial charge in [-0.05, 0) is 18.2 Å². The molecule has 1 aliphatic heterocycles. The fourth-order valence-corrected chi connectivity index (χ4v) is 2.66. The summed E-state index contributed by atoms with van der Waals surface area (Å²) in [5.74, 6) is 0.795. The van der Waals surface area contributed by atoms with E-state index in [2.05, 4.69) is 16.3 Å². The van der Waals surface area contributed by atoms with E-state index >= 15 is 0 Å². The first-order chi connectivity index (χ1) is 9.26. The van der Waals surface area contributed by atoms with Crippen molar-refractivity contribution in [1.29, 1.82) is 5.26 Å². The van der Waals surface area contributed by atoms with E-state index < -0.39 is 0 Å². The van der Waals surface area contributed by atoms with Crippen LogP contribution in [0.15, 0.2) is 18.2 Å². The Kier molecular flexibility index (Phi) is 5.03. The van der Waals surface area contributed by atoms with Gasteiger partial charge in [-0.15, -0.1) is 0 Å². The molecule has 1 aromatic carbocycles. The summed E-state index contributed by atoms with van der Waals surface area (Å²) in [6.07, 6.45) is 0.441. The van der Waals surface area contributed by atoms with E-state index in [4.69, 9.17) is 21.6 Å². The van der Waals surface area contributed by atoms with Gasteiger partial charge < -0.3 is 10.1 Å². The second-order valence-electron chi connectivity index (χ2n) is 4.55. The van der Waals surface area contributed by atoms with Gasteiger partial charge in [0, 0.05) is 36.8 Å². The van der Waals surface area contributed by atoms with Crippen molar-refractivity contribution in [2.45, 2.75) is 12.5 Å². The molecule has 1 heterocycles. The first kappa shape index (κ1) is 14.1. The van der Waals surface area contributed by atoms with Crippen LogP contribution in [0, 0.1) is 11.3 Å². The van der Waals surface area contributed by atoms with E-state index in [0.717, 1.165) is 37.5 Å². The van der Waals surface area contributed by atoms with Gasteiger partial charge in [0.15, 0.2) is 0 Å². The van der Waals surface area contributed by atoms with Crippen molar-refractivity contribution in [3.63, 3.8) is 0 Å². The number of piperazine rings is 1. The summed E-state index contributed by atoms with van der Waals surface area (Å²) in [6, 6.07) is 7.90. The zero-order chi connectivity index (χ0) is 13.7. The van der Waals surface area contributed by atoms with E-state index in [1.54, 1.807) is 7.11 Å². The average Bonchev–Trinajstić information content (AvgIpc) is 2.45. The van der Waals surface area contributed by atoms with Crippen LogP contribution in [0.5, 0.6) is 5.75 Å². The van der Waals surface area contributed by atoms with Crippen LogP contribution in [0.2, 0.25) is 5.02 Å². The van der Waals surface area contributed by atoms with Gasteiger partial charge in [0.2, 0.25) is 0 Å². The highest BCUT2D eigenvalue weighted by atomic mass is 35.5. The summed E-state index contributed by atoms with van der Waals surface area (Å²) in [4.78, 5) is 2.31. The Morgan fingerprint density at radius 2 is 2.21 bits per heavy atom. The first-order valence-corrected chi connectivity index (χ1v) is 6.79. The van der Waals surface area contributed by atoms with Gasteiger partial charge in [-0.3, -0.25) is 4.90 Å². The van der Waals surface area contributed by atoms with Crippen molar-refractivity contribution < 1.29 is 4.74 Å². The van der Waals surface area contributed by atoms with Crippen LogP contribution < -0.4 is 10.1 Å². The molecule has 0 spiro atoms. The lowest BCUT2D eigenvalue weighted by Gasteiger charge is -2.34. The van der Waals surface area contributed by atoms with Crippen LogP contribution in [-0.2, 0) is 0 Å². The lowest BCUT2D eigenvalue weighted by molar-refractivity contribution is 0.173. The number of hydrogen-bond donors (Lipinski definition) is 1. The van der Waals surface area contributed by atoms with Gasteiger partial charge in [0.1, 0.15) is 5.75 Å². The van der Waals surface area contributed by atoms with Crippen molar-refractivity contribution in [2.75, 3.05) is 33.3 Å². The lowest BCUT2D eigenvalue weighted by Crippen LogP contribution is -2.45. The molecule has 102 valence electrons. The molecule has 19 heavy (non-hydrogen) atoms. The normalized spacial score (nSPS) is 17.7. The quantitative estimate of drug-likeness (QED) is 0.918. The van der Waals surface area contributed by atoms with Gasteiger partial charge in [-0.1, -0.05) is 11.6 Å². The molecule has 1 saturated heterocycles. The van der Waals surface area contributed by atoms with E-state index in [1.807, 2.05) is 18.2 Å². The van der Waals surface area contributed by atoms with Crippen molar-refractivity contribution in [1.82, 2.24) is 10.2 Å². The zero-order valence-corrected chi connectivity index (χ0v) is 11.8. The van der Waals surface area contributed by atoms with E-state index in [-0.39, 0.29) is 6.04 Å². The van der Waals surface area contributed by atoms with E-state index in [0.29, 0.717) is 11.4 Å². The lowest BCUT2D eigenvalue weighted by atomic mass is 10.0. The maximum absolute atomic E-state index is 9.10. The fourth-order valence-electron chi connectivity index (χ4n) is 2.48. The molecule has 5 heteroatoms. The molecule has 1 aliphatic rings. The van der Waals surface area contributed by atoms with E-state index in [9.17, 15) is 0 Å². The molecule has 1 atom stereocenters. The highest BCUT2D eigenvalue weighted by Crippen LogP contribution is 2.33. The van der Waals surface area contributed by atoms with Gasteiger partial charge in [-0.2, -0.15) is 5.26 Å². The zero-order valence-electron chi connectivity index (χ0n) is 11.0. The maximum Gasteiger partial charge on any atom is 0.123 e. The Bertz CT molecular complexity index is 466. The molecule has 1 aromatic rings. The summed E-state index contributed by atoms with van der Waals surface area (Å²) in [6.45, 7) is 3.76. The molecule has 2 rings (SSSR count). The van der Waals surface area contributed by atoms with E-state index in [1.165, 1.54) is 0 Å². The number of hydrogen-bond acceptors (Lipinski definition) is 4. The fraction of sp³-hybridized carbons (Fsp3) is 0.500. The monoisotopic (exact) mass is 279 g/mol. The Hall–Kier alpha value is -1.28. The molecule has 0 radical (unpaired) electrons. The molecule has 0 saturated carbocycles. The molecule has 0 amide bonds. The van der Waals surface area contributed by atoms with Gasteiger partial charge in [0.25, 0.3) is 0 Å². The molecule has 1 fully saturated rings. The second-order valence-corrected chi connectivity index (χ2v) is 4.99. The Labute approximate surface area is 118 Å². The smallest absolute Gasteiger partial charge is 0.123 e. The molecule has 0 bridgehead atoms.